The van der Waals surface area contributed by atoms with E-state index in [0.717, 1.165) is 12.0 Å². The first-order valence-electron chi connectivity index (χ1n) is 4.48. The van der Waals surface area contributed by atoms with Gasteiger partial charge in [-0.1, -0.05) is 13.5 Å². The van der Waals surface area contributed by atoms with Crippen molar-refractivity contribution >= 4 is 17.4 Å². The molecule has 1 rings (SSSR count). The van der Waals surface area contributed by atoms with Crippen molar-refractivity contribution in [2.24, 2.45) is 0 Å². The van der Waals surface area contributed by atoms with Gasteiger partial charge in [0.05, 0.1) is 11.9 Å². The van der Waals surface area contributed by atoms with Gasteiger partial charge in [-0.25, -0.2) is 4.98 Å². The van der Waals surface area contributed by atoms with Gasteiger partial charge in [0.2, 0.25) is 0 Å². The van der Waals surface area contributed by atoms with Gasteiger partial charge >= 0.3 is 0 Å². The van der Waals surface area contributed by atoms with Crippen LogP contribution in [0.4, 0.5) is 11.5 Å². The predicted molar refractivity (Wildman–Crippen MR) is 58.4 cm³/mol. The van der Waals surface area contributed by atoms with E-state index in [1.165, 1.54) is 6.20 Å². The van der Waals surface area contributed by atoms with Crippen molar-refractivity contribution < 1.29 is 9.90 Å². The summed E-state index contributed by atoms with van der Waals surface area (Å²) in [4.78, 5) is 15.0. The van der Waals surface area contributed by atoms with Gasteiger partial charge in [0.1, 0.15) is 5.82 Å². The summed E-state index contributed by atoms with van der Waals surface area (Å²) in [5.74, 6) is -0.744. The van der Waals surface area contributed by atoms with Crippen LogP contribution in [0, 0.1) is 0 Å². The topological polar surface area (TPSA) is 88.2 Å². The van der Waals surface area contributed by atoms with E-state index in [4.69, 9.17) is 10.8 Å². The number of aliphatic hydroxyl groups excluding tert-OH is 1. The van der Waals surface area contributed by atoms with E-state index in [9.17, 15) is 4.79 Å². The number of hydrogen-bond acceptors (Lipinski definition) is 4. The van der Waals surface area contributed by atoms with Gasteiger partial charge < -0.3 is 16.2 Å². The number of aryl methyl sites for hydroxylation is 1. The van der Waals surface area contributed by atoms with Crippen LogP contribution >= 0.6 is 0 Å². The Balaban J connectivity index is 2.87. The average Bonchev–Trinajstić information content (AvgIpc) is 2.20. The molecule has 1 aromatic heterocycles. The zero-order chi connectivity index (χ0) is 11.4. The number of aliphatic hydroxyl groups is 1. The fourth-order valence-electron chi connectivity index (χ4n) is 1.08. The van der Waals surface area contributed by atoms with Crippen LogP contribution in [0.15, 0.2) is 24.6 Å². The number of nitrogens with one attached hydrogen (secondary N) is 1. The quantitative estimate of drug-likeness (QED) is 0.514. The molecule has 0 bridgehead atoms. The average molecular weight is 207 g/mol. The molecule has 0 aliphatic rings. The summed E-state index contributed by atoms with van der Waals surface area (Å²) in [6.45, 7) is 5.04. The van der Waals surface area contributed by atoms with Crippen LogP contribution in [0.25, 0.3) is 0 Å². The van der Waals surface area contributed by atoms with Crippen molar-refractivity contribution in [3.05, 3.63) is 30.2 Å². The van der Waals surface area contributed by atoms with Crippen LogP contribution in [-0.2, 0) is 11.2 Å². The number of rotatable bonds is 3. The molecule has 1 heterocycles. The zero-order valence-electron chi connectivity index (χ0n) is 8.45. The molecule has 0 aromatic carbocycles. The van der Waals surface area contributed by atoms with Crippen LogP contribution < -0.4 is 11.1 Å². The Labute approximate surface area is 87.6 Å². The summed E-state index contributed by atoms with van der Waals surface area (Å²) >= 11 is 0. The van der Waals surface area contributed by atoms with Gasteiger partial charge in [0.15, 0.2) is 5.76 Å². The fraction of sp³-hybridized carbons (Fsp3) is 0.200. The molecule has 0 radical (unpaired) electrons. The van der Waals surface area contributed by atoms with Crippen molar-refractivity contribution in [3.63, 3.8) is 0 Å². The molecule has 4 N–H and O–H groups in total. The molecule has 1 aromatic rings. The Hall–Kier alpha value is -2.04. The molecule has 5 nitrogen and oxygen atoms in total. The molecule has 0 aliphatic carbocycles. The smallest absolute Gasteiger partial charge is 0.289 e. The number of pyridine rings is 1. The van der Waals surface area contributed by atoms with Crippen molar-refractivity contribution in [1.29, 1.82) is 0 Å². The molecule has 1 amide bonds. The van der Waals surface area contributed by atoms with Crippen LogP contribution in [0.2, 0.25) is 0 Å². The Morgan fingerprint density at radius 2 is 2.40 bits per heavy atom. The first kappa shape index (κ1) is 11.0. The number of nitrogens with two attached hydrogens (primary N) is 1. The number of aromatic nitrogens is 1. The molecule has 0 unspecified atom stereocenters. The van der Waals surface area contributed by atoms with Crippen LogP contribution in [0.5, 0.6) is 0 Å². The van der Waals surface area contributed by atoms with E-state index in [0.29, 0.717) is 11.5 Å². The van der Waals surface area contributed by atoms with E-state index in [2.05, 4.69) is 16.9 Å². The Bertz CT molecular complexity index is 402. The first-order valence-corrected chi connectivity index (χ1v) is 4.48. The second-order valence-electron chi connectivity index (χ2n) is 3.02. The van der Waals surface area contributed by atoms with Crippen molar-refractivity contribution in [3.8, 4) is 0 Å². The van der Waals surface area contributed by atoms with E-state index in [-0.39, 0.29) is 0 Å². The molecule has 5 heteroatoms. The maximum absolute atomic E-state index is 11.1. The molecule has 0 spiro atoms. The van der Waals surface area contributed by atoms with Crippen molar-refractivity contribution in [1.82, 2.24) is 4.98 Å². The minimum absolute atomic E-state index is 0.443. The highest BCUT2D eigenvalue weighted by Gasteiger charge is 2.06. The number of hydrogen-bond donors (Lipinski definition) is 3. The minimum Gasteiger partial charge on any atom is -0.503 e. The molecule has 15 heavy (non-hydrogen) atoms. The molecule has 0 fully saturated rings. The summed E-state index contributed by atoms with van der Waals surface area (Å²) in [5.41, 5.74) is 6.93. The highest BCUT2D eigenvalue weighted by Crippen LogP contribution is 2.15. The molecule has 0 atom stereocenters. The maximum Gasteiger partial charge on any atom is 0.289 e. The molecule has 0 saturated heterocycles. The second-order valence-corrected chi connectivity index (χ2v) is 3.02. The summed E-state index contributed by atoms with van der Waals surface area (Å²) < 4.78 is 0. The fourth-order valence-corrected chi connectivity index (χ4v) is 1.08. The van der Waals surface area contributed by atoms with Crippen LogP contribution in [0.1, 0.15) is 12.5 Å². The lowest BCUT2D eigenvalue weighted by Gasteiger charge is -2.06. The Morgan fingerprint density at radius 3 is 2.93 bits per heavy atom. The third-order valence-corrected chi connectivity index (χ3v) is 1.90. The van der Waals surface area contributed by atoms with Crippen LogP contribution in [-0.4, -0.2) is 16.0 Å². The van der Waals surface area contributed by atoms with Gasteiger partial charge in [-0.2, -0.15) is 0 Å². The van der Waals surface area contributed by atoms with Gasteiger partial charge in [0, 0.05) is 0 Å². The van der Waals surface area contributed by atoms with E-state index in [1.807, 2.05) is 6.92 Å². The largest absolute Gasteiger partial charge is 0.503 e. The second kappa shape index (κ2) is 4.45. The Morgan fingerprint density at radius 1 is 1.73 bits per heavy atom. The highest BCUT2D eigenvalue weighted by molar-refractivity contribution is 6.01. The lowest BCUT2D eigenvalue weighted by atomic mass is 10.2. The third-order valence-electron chi connectivity index (χ3n) is 1.90. The lowest BCUT2D eigenvalue weighted by molar-refractivity contribution is -0.115. The van der Waals surface area contributed by atoms with Gasteiger partial charge in [-0.3, -0.25) is 4.79 Å². The normalized spacial score (nSPS) is 9.67. The van der Waals surface area contributed by atoms with Crippen LogP contribution in [0.3, 0.4) is 0 Å². The first-order chi connectivity index (χ1) is 7.04. The van der Waals surface area contributed by atoms with Gasteiger partial charge in [-0.15, -0.1) is 0 Å². The van der Waals surface area contributed by atoms with E-state index < -0.39 is 11.7 Å². The van der Waals surface area contributed by atoms with E-state index in [1.54, 1.807) is 6.07 Å². The van der Waals surface area contributed by atoms with Crippen molar-refractivity contribution in [2.75, 3.05) is 11.1 Å². The standard InChI is InChI=1S/C10H13N3O2/c1-3-7-4-8(5-12-9(7)11)13-10(15)6(2)14/h4-5,14H,2-3H2,1H3,(H2,11,12)(H,13,15). The number of anilines is 2. The Kier molecular flexibility index (Phi) is 3.28. The molecular weight excluding hydrogens is 194 g/mol. The number of nitrogen functional groups attached to an aromatic ring is 1. The van der Waals surface area contributed by atoms with Crippen molar-refractivity contribution in [2.45, 2.75) is 13.3 Å². The summed E-state index contributed by atoms with van der Waals surface area (Å²) in [6.07, 6.45) is 2.15. The monoisotopic (exact) mass is 207 g/mol. The third kappa shape index (κ3) is 2.70. The minimum atomic E-state index is -0.649. The molecule has 0 aliphatic heterocycles. The van der Waals surface area contributed by atoms with Gasteiger partial charge in [0.25, 0.3) is 5.91 Å². The predicted octanol–water partition coefficient (Wildman–Crippen LogP) is 1.24. The molecule has 0 saturated carbocycles. The molecular formula is C10H13N3O2. The number of carbonyl (C=O) groups is 1. The number of carbonyl (C=O) groups excluding carboxylic acids is 1. The SMILES string of the molecule is C=C(O)C(=O)Nc1cnc(N)c(CC)c1. The van der Waals surface area contributed by atoms with E-state index >= 15 is 0 Å². The van der Waals surface area contributed by atoms with Gasteiger partial charge in [-0.05, 0) is 18.1 Å². The summed E-state index contributed by atoms with van der Waals surface area (Å²) in [7, 11) is 0. The maximum atomic E-state index is 11.1. The summed E-state index contributed by atoms with van der Waals surface area (Å²) in [6, 6.07) is 1.71. The number of nitrogens with zero attached hydrogens (tertiary/aromatic N) is 1. The lowest BCUT2D eigenvalue weighted by Crippen LogP contribution is -2.14. The summed E-state index contributed by atoms with van der Waals surface area (Å²) in [5, 5.41) is 11.2. The highest BCUT2D eigenvalue weighted by atomic mass is 16.3. The molecule has 80 valence electrons. The number of amides is 1. The zero-order valence-corrected chi connectivity index (χ0v) is 8.45.